The third-order valence-electron chi connectivity index (χ3n) is 1.33. The predicted octanol–water partition coefficient (Wildman–Crippen LogP) is 1.21. The fourth-order valence-electron chi connectivity index (χ4n) is 0.829. The van der Waals surface area contributed by atoms with E-state index >= 15 is 0 Å². The lowest BCUT2D eigenvalue weighted by Gasteiger charge is -2.23. The van der Waals surface area contributed by atoms with Gasteiger partial charge in [-0.1, -0.05) is 0 Å². The fraction of sp³-hybridized carbons (Fsp3) is 0.800. The Balaban J connectivity index is 2.71. The van der Waals surface area contributed by atoms with E-state index in [1.165, 1.54) is 0 Å². The van der Waals surface area contributed by atoms with Crippen LogP contribution in [0.3, 0.4) is 0 Å². The Morgan fingerprint density at radius 2 is 2.22 bits per heavy atom. The third-order valence-corrected chi connectivity index (χ3v) is 2.23. The van der Waals surface area contributed by atoms with E-state index in [9.17, 15) is 0 Å². The fourth-order valence-corrected chi connectivity index (χ4v) is 1.38. The Morgan fingerprint density at radius 1 is 1.67 bits per heavy atom. The standard InChI is InChI=1S/C5H10N2S2/c1-4-3-5(8,9)7(2)6-4/h8-9H,3H2,1-2H3. The largest absolute Gasteiger partial charge is 0.274 e. The van der Waals surface area contributed by atoms with Crippen molar-refractivity contribution in [3.05, 3.63) is 0 Å². The zero-order valence-corrected chi connectivity index (χ0v) is 7.28. The number of hydrazone groups is 1. The molecule has 52 valence electrons. The minimum Gasteiger partial charge on any atom is -0.274 e. The number of rotatable bonds is 0. The molecule has 2 nitrogen and oxygen atoms in total. The van der Waals surface area contributed by atoms with Gasteiger partial charge in [-0.15, -0.1) is 25.3 Å². The van der Waals surface area contributed by atoms with Crippen molar-refractivity contribution >= 4 is 31.0 Å². The van der Waals surface area contributed by atoms with Gasteiger partial charge in [0.15, 0.2) is 0 Å². The van der Waals surface area contributed by atoms with Crippen molar-refractivity contribution in [2.75, 3.05) is 7.05 Å². The first-order valence-electron chi connectivity index (χ1n) is 2.75. The van der Waals surface area contributed by atoms with Crippen LogP contribution >= 0.6 is 25.3 Å². The minimum atomic E-state index is -0.357. The highest BCUT2D eigenvalue weighted by molar-refractivity contribution is 8.00. The maximum absolute atomic E-state index is 4.28. The zero-order valence-electron chi connectivity index (χ0n) is 5.50. The van der Waals surface area contributed by atoms with Gasteiger partial charge in [-0.2, -0.15) is 5.10 Å². The average molecular weight is 162 g/mol. The molecule has 0 aliphatic carbocycles. The molecule has 0 aromatic heterocycles. The van der Waals surface area contributed by atoms with Crippen LogP contribution in [0.2, 0.25) is 0 Å². The summed E-state index contributed by atoms with van der Waals surface area (Å²) in [5.41, 5.74) is 1.09. The molecule has 0 N–H and O–H groups in total. The molecular weight excluding hydrogens is 152 g/mol. The maximum atomic E-state index is 4.28. The molecule has 0 atom stereocenters. The zero-order chi connectivity index (χ0) is 7.07. The molecule has 0 saturated heterocycles. The molecule has 0 unspecified atom stereocenters. The second kappa shape index (κ2) is 2.09. The van der Waals surface area contributed by atoms with Gasteiger partial charge in [0.25, 0.3) is 0 Å². The van der Waals surface area contributed by atoms with Crippen LogP contribution in [0.1, 0.15) is 13.3 Å². The molecule has 1 rings (SSSR count). The van der Waals surface area contributed by atoms with Gasteiger partial charge in [-0.3, -0.25) is 5.01 Å². The molecule has 0 fully saturated rings. The summed E-state index contributed by atoms with van der Waals surface area (Å²) in [6.07, 6.45) is 0.829. The van der Waals surface area contributed by atoms with Crippen molar-refractivity contribution < 1.29 is 0 Å². The van der Waals surface area contributed by atoms with E-state index in [2.05, 4.69) is 30.4 Å². The molecule has 0 aromatic rings. The molecule has 0 bridgehead atoms. The molecule has 1 heterocycles. The summed E-state index contributed by atoms with van der Waals surface area (Å²) in [5.74, 6) is 0. The summed E-state index contributed by atoms with van der Waals surface area (Å²) in [7, 11) is 1.87. The molecule has 0 spiro atoms. The lowest BCUT2D eigenvalue weighted by molar-refractivity contribution is 0.341. The van der Waals surface area contributed by atoms with Crippen molar-refractivity contribution in [1.82, 2.24) is 5.01 Å². The van der Waals surface area contributed by atoms with E-state index in [-0.39, 0.29) is 4.20 Å². The molecule has 0 radical (unpaired) electrons. The van der Waals surface area contributed by atoms with Gasteiger partial charge < -0.3 is 0 Å². The summed E-state index contributed by atoms with van der Waals surface area (Å²) in [4.78, 5) is 0. The molecular formula is C5H10N2S2. The Morgan fingerprint density at radius 3 is 2.33 bits per heavy atom. The maximum Gasteiger partial charge on any atom is 0.148 e. The van der Waals surface area contributed by atoms with E-state index in [4.69, 9.17) is 0 Å². The molecule has 9 heavy (non-hydrogen) atoms. The van der Waals surface area contributed by atoms with Crippen molar-refractivity contribution in [2.45, 2.75) is 17.5 Å². The van der Waals surface area contributed by atoms with Crippen molar-refractivity contribution in [3.8, 4) is 0 Å². The van der Waals surface area contributed by atoms with Gasteiger partial charge in [0.1, 0.15) is 4.20 Å². The highest BCUT2D eigenvalue weighted by Crippen LogP contribution is 2.32. The normalized spacial score (nSPS) is 24.4. The van der Waals surface area contributed by atoms with E-state index in [0.29, 0.717) is 0 Å². The first-order valence-corrected chi connectivity index (χ1v) is 3.64. The van der Waals surface area contributed by atoms with Crippen LogP contribution in [0, 0.1) is 0 Å². The smallest absolute Gasteiger partial charge is 0.148 e. The van der Waals surface area contributed by atoms with Crippen LogP contribution in [0.5, 0.6) is 0 Å². The predicted molar refractivity (Wildman–Crippen MR) is 46.2 cm³/mol. The van der Waals surface area contributed by atoms with Crippen molar-refractivity contribution in [2.24, 2.45) is 5.10 Å². The third kappa shape index (κ3) is 1.35. The second-order valence-electron chi connectivity index (χ2n) is 2.31. The second-order valence-corrected chi connectivity index (χ2v) is 4.14. The molecule has 0 saturated carbocycles. The van der Waals surface area contributed by atoms with Gasteiger partial charge in [0.2, 0.25) is 0 Å². The minimum absolute atomic E-state index is 0.357. The molecule has 0 aromatic carbocycles. The van der Waals surface area contributed by atoms with Gasteiger partial charge in [-0.25, -0.2) is 0 Å². The van der Waals surface area contributed by atoms with Gasteiger partial charge >= 0.3 is 0 Å². The number of nitrogens with zero attached hydrogens (tertiary/aromatic N) is 2. The molecule has 4 heteroatoms. The van der Waals surface area contributed by atoms with Crippen LogP contribution < -0.4 is 0 Å². The SMILES string of the molecule is CC1=NN(C)C(S)(S)C1. The van der Waals surface area contributed by atoms with Crippen LogP contribution in [-0.2, 0) is 0 Å². The monoisotopic (exact) mass is 162 g/mol. The number of hydrogen-bond acceptors (Lipinski definition) is 4. The summed E-state index contributed by atoms with van der Waals surface area (Å²) in [6, 6.07) is 0. The average Bonchev–Trinajstić information content (AvgIpc) is 1.79. The van der Waals surface area contributed by atoms with Crippen molar-refractivity contribution in [3.63, 3.8) is 0 Å². The summed E-state index contributed by atoms with van der Waals surface area (Å²) >= 11 is 8.56. The topological polar surface area (TPSA) is 15.6 Å². The summed E-state index contributed by atoms with van der Waals surface area (Å²) in [6.45, 7) is 1.98. The van der Waals surface area contributed by atoms with Crippen LogP contribution in [-0.4, -0.2) is 22.0 Å². The lowest BCUT2D eigenvalue weighted by Crippen LogP contribution is -2.27. The van der Waals surface area contributed by atoms with Crippen LogP contribution in [0.15, 0.2) is 5.10 Å². The van der Waals surface area contributed by atoms with Gasteiger partial charge in [0, 0.05) is 19.2 Å². The Hall–Kier alpha value is 0.170. The summed E-state index contributed by atoms with van der Waals surface area (Å²) in [5, 5.41) is 5.90. The first kappa shape index (κ1) is 7.28. The number of hydrogen-bond donors (Lipinski definition) is 2. The lowest BCUT2D eigenvalue weighted by atomic mass is 10.3. The van der Waals surface area contributed by atoms with Crippen LogP contribution in [0.25, 0.3) is 0 Å². The first-order chi connectivity index (χ1) is 4.02. The highest BCUT2D eigenvalue weighted by Gasteiger charge is 2.31. The Kier molecular flexibility index (Phi) is 1.69. The summed E-state index contributed by atoms with van der Waals surface area (Å²) < 4.78 is -0.357. The van der Waals surface area contributed by atoms with Crippen LogP contribution in [0.4, 0.5) is 0 Å². The Labute approximate surface area is 66.1 Å². The highest BCUT2D eigenvalue weighted by atomic mass is 32.2. The van der Waals surface area contributed by atoms with E-state index in [1.54, 1.807) is 5.01 Å². The van der Waals surface area contributed by atoms with E-state index in [0.717, 1.165) is 12.1 Å². The molecule has 1 aliphatic heterocycles. The van der Waals surface area contributed by atoms with E-state index < -0.39 is 0 Å². The van der Waals surface area contributed by atoms with Gasteiger partial charge in [-0.05, 0) is 6.92 Å². The van der Waals surface area contributed by atoms with E-state index in [1.807, 2.05) is 14.0 Å². The quantitative estimate of drug-likeness (QED) is 0.404. The Bertz CT molecular complexity index is 153. The van der Waals surface area contributed by atoms with Crippen molar-refractivity contribution in [1.29, 1.82) is 0 Å². The molecule has 1 aliphatic rings. The molecule has 0 amide bonds. The number of thiol groups is 2. The van der Waals surface area contributed by atoms with Gasteiger partial charge in [0.05, 0.1) is 0 Å².